The summed E-state index contributed by atoms with van der Waals surface area (Å²) in [4.78, 5) is 39.6. The van der Waals surface area contributed by atoms with Crippen LogP contribution in [-0.4, -0.2) is 24.7 Å². The van der Waals surface area contributed by atoms with E-state index < -0.39 is 0 Å². The molecule has 0 amide bonds. The second-order valence-corrected chi connectivity index (χ2v) is 5.51. The van der Waals surface area contributed by atoms with Crippen LogP contribution >= 0.6 is 24.2 Å². The van der Waals surface area contributed by atoms with Gasteiger partial charge in [0.05, 0.1) is 0 Å². The van der Waals surface area contributed by atoms with Gasteiger partial charge in [-0.15, -0.1) is 0 Å². The first-order valence-electron chi connectivity index (χ1n) is 6.18. The van der Waals surface area contributed by atoms with Crippen molar-refractivity contribution < 1.29 is 0 Å². The van der Waals surface area contributed by atoms with Crippen molar-refractivity contribution in [2.75, 3.05) is 5.75 Å². The lowest BCUT2D eigenvalue weighted by Crippen LogP contribution is -2.25. The molecule has 0 bridgehead atoms. The van der Waals surface area contributed by atoms with E-state index in [1.54, 1.807) is 6.92 Å². The monoisotopic (exact) mass is 328 g/mol. The van der Waals surface area contributed by atoms with Crippen molar-refractivity contribution in [2.24, 2.45) is 0 Å². The van der Waals surface area contributed by atoms with Gasteiger partial charge >= 0.3 is 5.69 Å². The molecule has 0 saturated carbocycles. The largest absolute Gasteiger partial charge is 0.338 e. The van der Waals surface area contributed by atoms with E-state index in [1.165, 1.54) is 34.2 Å². The smallest absolute Gasteiger partial charge is 0.336 e. The Bertz CT molecular complexity index is 775. The van der Waals surface area contributed by atoms with Crippen LogP contribution in [-0.2, 0) is 0 Å². The number of aryl methyl sites for hydroxylation is 1. The Morgan fingerprint density at radius 1 is 1.19 bits per heavy atom. The predicted molar refractivity (Wildman–Crippen MR) is 86.5 cm³/mol. The van der Waals surface area contributed by atoms with Crippen LogP contribution < -0.4 is 16.8 Å². The molecular weight excluding hydrogens is 312 g/mol. The molecule has 7 nitrogen and oxygen atoms in total. The van der Waals surface area contributed by atoms with Gasteiger partial charge in [-0.05, 0) is 37.5 Å². The molecule has 2 heterocycles. The molecule has 2 rings (SSSR count). The molecule has 9 heteroatoms. The summed E-state index contributed by atoms with van der Waals surface area (Å²) in [6.07, 6.45) is 2.48. The van der Waals surface area contributed by atoms with E-state index in [1.807, 2.05) is 6.92 Å². The summed E-state index contributed by atoms with van der Waals surface area (Å²) in [5, 5.41) is 0. The van der Waals surface area contributed by atoms with E-state index in [4.69, 9.17) is 0 Å². The zero-order valence-electron chi connectivity index (χ0n) is 11.6. The fourth-order valence-electron chi connectivity index (χ4n) is 1.29. The van der Waals surface area contributed by atoms with Gasteiger partial charge in [-0.1, -0.05) is 6.92 Å². The van der Waals surface area contributed by atoms with Gasteiger partial charge < -0.3 is 4.98 Å². The third kappa shape index (κ3) is 6.41. The van der Waals surface area contributed by atoms with Gasteiger partial charge in [-0.3, -0.25) is 19.6 Å². The third-order valence-electron chi connectivity index (χ3n) is 2.12. The fraction of sp³-hybridized carbons (Fsp3) is 0.333. The van der Waals surface area contributed by atoms with Crippen molar-refractivity contribution in [1.29, 1.82) is 0 Å². The topological polar surface area (TPSA) is 104 Å². The first kappa shape index (κ1) is 17.2. The standard InChI is InChI=1S/C7H10N2O2S.C5H6N2OS/c1-2-5-12-9-4-3-6(10)8-7(9)11;1-3-2-4(8)7-5(9)6-3/h3-4H,2,5H2,1H3,(H,8,10,11);2H,1H3,(H2,6,7,8,9). The van der Waals surface area contributed by atoms with Crippen LogP contribution in [0.25, 0.3) is 0 Å². The lowest BCUT2D eigenvalue weighted by molar-refractivity contribution is 0.980. The van der Waals surface area contributed by atoms with Crippen molar-refractivity contribution in [3.8, 4) is 0 Å². The number of aromatic nitrogens is 4. The van der Waals surface area contributed by atoms with Gasteiger partial charge in [0, 0.05) is 29.8 Å². The lowest BCUT2D eigenvalue weighted by atomic mass is 10.5. The van der Waals surface area contributed by atoms with Gasteiger partial charge in [0.15, 0.2) is 4.77 Å². The Kier molecular flexibility index (Phi) is 6.89. The van der Waals surface area contributed by atoms with Gasteiger partial charge in [-0.25, -0.2) is 8.77 Å². The normalized spacial score (nSPS) is 9.81. The average Bonchev–Trinajstić information content (AvgIpc) is 2.37. The molecule has 2 aromatic rings. The summed E-state index contributed by atoms with van der Waals surface area (Å²) in [7, 11) is 0. The average molecular weight is 328 g/mol. The van der Waals surface area contributed by atoms with Gasteiger partial charge in [-0.2, -0.15) is 0 Å². The van der Waals surface area contributed by atoms with Crippen molar-refractivity contribution in [3.05, 3.63) is 60.0 Å². The number of aromatic amines is 3. The molecule has 0 atom stereocenters. The zero-order chi connectivity index (χ0) is 15.8. The van der Waals surface area contributed by atoms with Crippen molar-refractivity contribution in [1.82, 2.24) is 18.9 Å². The minimum Gasteiger partial charge on any atom is -0.336 e. The van der Waals surface area contributed by atoms with E-state index >= 15 is 0 Å². The molecule has 0 aliphatic carbocycles. The Morgan fingerprint density at radius 2 is 1.90 bits per heavy atom. The third-order valence-corrected chi connectivity index (χ3v) is 3.48. The minimum absolute atomic E-state index is 0.156. The van der Waals surface area contributed by atoms with Crippen molar-refractivity contribution in [2.45, 2.75) is 20.3 Å². The molecule has 0 fully saturated rings. The number of nitrogens with zero attached hydrogens (tertiary/aromatic N) is 1. The Balaban J connectivity index is 0.000000219. The van der Waals surface area contributed by atoms with Crippen LogP contribution in [0, 0.1) is 11.7 Å². The SMILES string of the molecule is CCCSn1ccc(=O)[nH]c1=O.Cc1cc(=O)[nH]c(=S)[nH]1. The first-order chi connectivity index (χ1) is 9.92. The van der Waals surface area contributed by atoms with Crippen LogP contribution in [0.2, 0.25) is 0 Å². The summed E-state index contributed by atoms with van der Waals surface area (Å²) in [6.45, 7) is 3.81. The molecule has 3 N–H and O–H groups in total. The number of hydrogen-bond acceptors (Lipinski definition) is 5. The summed E-state index contributed by atoms with van der Waals surface area (Å²) in [5.74, 6) is 0.867. The lowest BCUT2D eigenvalue weighted by Gasteiger charge is -1.99. The maximum absolute atomic E-state index is 11.0. The van der Waals surface area contributed by atoms with E-state index in [0.717, 1.165) is 17.9 Å². The molecule has 0 aromatic carbocycles. The second kappa shape index (κ2) is 8.42. The molecule has 0 saturated heterocycles. The van der Waals surface area contributed by atoms with Crippen LogP contribution in [0.15, 0.2) is 32.7 Å². The van der Waals surface area contributed by atoms with Gasteiger partial charge in [0.1, 0.15) is 0 Å². The van der Waals surface area contributed by atoms with Gasteiger partial charge in [0.25, 0.3) is 11.1 Å². The summed E-state index contributed by atoms with van der Waals surface area (Å²) in [6, 6.07) is 2.79. The molecule has 0 unspecified atom stereocenters. The molecule has 114 valence electrons. The highest BCUT2D eigenvalue weighted by atomic mass is 32.2. The molecule has 0 spiro atoms. The Morgan fingerprint density at radius 3 is 2.43 bits per heavy atom. The van der Waals surface area contributed by atoms with E-state index in [2.05, 4.69) is 27.2 Å². The van der Waals surface area contributed by atoms with E-state index in [9.17, 15) is 14.4 Å². The van der Waals surface area contributed by atoms with Crippen LogP contribution in [0.3, 0.4) is 0 Å². The molecule has 0 aliphatic heterocycles. The van der Waals surface area contributed by atoms with Crippen LogP contribution in [0.5, 0.6) is 0 Å². The highest BCUT2D eigenvalue weighted by Crippen LogP contribution is 2.00. The maximum atomic E-state index is 11.0. The summed E-state index contributed by atoms with van der Waals surface area (Å²) >= 11 is 6.07. The first-order valence-corrected chi connectivity index (χ1v) is 7.53. The zero-order valence-corrected chi connectivity index (χ0v) is 13.3. The molecule has 0 aliphatic rings. The maximum Gasteiger partial charge on any atom is 0.338 e. The minimum atomic E-state index is -0.360. The number of nitrogens with one attached hydrogen (secondary N) is 3. The quantitative estimate of drug-likeness (QED) is 0.734. The van der Waals surface area contributed by atoms with Crippen molar-refractivity contribution >= 4 is 24.2 Å². The number of rotatable bonds is 3. The Hall–Kier alpha value is -1.87. The van der Waals surface area contributed by atoms with E-state index in [0.29, 0.717) is 4.77 Å². The number of H-pyrrole nitrogens is 3. The molecule has 2 aromatic heterocycles. The molecular formula is C12H16N4O3S2. The molecule has 21 heavy (non-hydrogen) atoms. The Labute approximate surface area is 129 Å². The van der Waals surface area contributed by atoms with Crippen LogP contribution in [0.4, 0.5) is 0 Å². The summed E-state index contributed by atoms with van der Waals surface area (Å²) in [5.41, 5.74) is -0.0886. The van der Waals surface area contributed by atoms with E-state index in [-0.39, 0.29) is 16.8 Å². The van der Waals surface area contributed by atoms with Crippen molar-refractivity contribution in [3.63, 3.8) is 0 Å². The van der Waals surface area contributed by atoms with Crippen LogP contribution in [0.1, 0.15) is 19.0 Å². The van der Waals surface area contributed by atoms with Gasteiger partial charge in [0.2, 0.25) is 0 Å². The fourth-order valence-corrected chi connectivity index (χ4v) is 2.24. The molecule has 0 radical (unpaired) electrons. The second-order valence-electron chi connectivity index (χ2n) is 4.04. The highest BCUT2D eigenvalue weighted by molar-refractivity contribution is 7.97. The number of hydrogen-bond donors (Lipinski definition) is 3. The summed E-state index contributed by atoms with van der Waals surface area (Å²) < 4.78 is 1.80. The predicted octanol–water partition coefficient (Wildman–Crippen LogP) is 1.18. The highest BCUT2D eigenvalue weighted by Gasteiger charge is 1.94.